The first-order valence-corrected chi connectivity index (χ1v) is 6.97. The standard InChI is InChI=1S/C11H20BrNO3/c12-4-8-15-6-2-5-13-11(14)9-10-3-1-7-16-10/h10H,1-9H2,(H,13,14). The number of nitrogens with one attached hydrogen (secondary N) is 1. The molecule has 1 saturated heterocycles. The second-order valence-corrected chi connectivity index (χ2v) is 4.64. The van der Waals surface area contributed by atoms with Gasteiger partial charge in [0.25, 0.3) is 0 Å². The fourth-order valence-electron chi connectivity index (χ4n) is 1.64. The van der Waals surface area contributed by atoms with E-state index in [-0.39, 0.29) is 12.0 Å². The zero-order chi connectivity index (χ0) is 11.6. The molecule has 5 heteroatoms. The van der Waals surface area contributed by atoms with Gasteiger partial charge in [-0.25, -0.2) is 0 Å². The molecule has 0 radical (unpaired) electrons. The summed E-state index contributed by atoms with van der Waals surface area (Å²) < 4.78 is 10.7. The maximum absolute atomic E-state index is 11.4. The van der Waals surface area contributed by atoms with E-state index in [1.165, 1.54) is 0 Å². The number of ether oxygens (including phenoxy) is 2. The first kappa shape index (κ1) is 13.9. The molecule has 1 amide bonds. The lowest BCUT2D eigenvalue weighted by atomic mass is 10.2. The molecule has 0 spiro atoms. The largest absolute Gasteiger partial charge is 0.381 e. The summed E-state index contributed by atoms with van der Waals surface area (Å²) in [6, 6.07) is 0. The third-order valence-corrected chi connectivity index (χ3v) is 2.77. The van der Waals surface area contributed by atoms with Crippen LogP contribution in [0.1, 0.15) is 25.7 Å². The molecule has 0 bridgehead atoms. The first-order chi connectivity index (χ1) is 7.83. The van der Waals surface area contributed by atoms with E-state index < -0.39 is 0 Å². The van der Waals surface area contributed by atoms with Crippen LogP contribution in [-0.4, -0.2) is 43.7 Å². The van der Waals surface area contributed by atoms with Crippen LogP contribution in [0.4, 0.5) is 0 Å². The van der Waals surface area contributed by atoms with Gasteiger partial charge in [0.1, 0.15) is 0 Å². The van der Waals surface area contributed by atoms with E-state index in [9.17, 15) is 4.79 Å². The molecule has 94 valence electrons. The van der Waals surface area contributed by atoms with Gasteiger partial charge in [-0.3, -0.25) is 4.79 Å². The number of carbonyl (C=O) groups excluding carboxylic acids is 1. The van der Waals surface area contributed by atoms with E-state index in [0.29, 0.717) is 19.6 Å². The monoisotopic (exact) mass is 293 g/mol. The van der Waals surface area contributed by atoms with E-state index in [0.717, 1.165) is 37.8 Å². The average molecular weight is 294 g/mol. The number of amides is 1. The summed E-state index contributed by atoms with van der Waals surface area (Å²) in [5.41, 5.74) is 0. The summed E-state index contributed by atoms with van der Waals surface area (Å²) >= 11 is 3.28. The molecule has 1 aliphatic heterocycles. The van der Waals surface area contributed by atoms with E-state index in [2.05, 4.69) is 21.2 Å². The second kappa shape index (κ2) is 8.96. The lowest BCUT2D eigenvalue weighted by Crippen LogP contribution is -2.28. The fourth-order valence-corrected chi connectivity index (χ4v) is 1.87. The van der Waals surface area contributed by atoms with Crippen molar-refractivity contribution in [1.29, 1.82) is 0 Å². The van der Waals surface area contributed by atoms with Crippen molar-refractivity contribution in [3.05, 3.63) is 0 Å². The summed E-state index contributed by atoms with van der Waals surface area (Å²) in [4.78, 5) is 11.4. The van der Waals surface area contributed by atoms with Gasteiger partial charge in [-0.05, 0) is 19.3 Å². The Balaban J connectivity index is 1.89. The Morgan fingerprint density at radius 3 is 3.06 bits per heavy atom. The lowest BCUT2D eigenvalue weighted by molar-refractivity contribution is -0.123. The molecule has 4 nitrogen and oxygen atoms in total. The van der Waals surface area contributed by atoms with Crippen LogP contribution < -0.4 is 5.32 Å². The molecule has 1 N–H and O–H groups in total. The van der Waals surface area contributed by atoms with Gasteiger partial charge in [0.2, 0.25) is 5.91 Å². The van der Waals surface area contributed by atoms with Crippen molar-refractivity contribution in [2.24, 2.45) is 0 Å². The van der Waals surface area contributed by atoms with Gasteiger partial charge in [0.05, 0.1) is 19.1 Å². The summed E-state index contributed by atoms with van der Waals surface area (Å²) in [6.07, 6.45) is 3.61. The average Bonchev–Trinajstić information content (AvgIpc) is 2.76. The molecule has 1 aliphatic rings. The predicted molar refractivity (Wildman–Crippen MR) is 65.8 cm³/mol. The minimum absolute atomic E-state index is 0.0902. The van der Waals surface area contributed by atoms with E-state index in [4.69, 9.17) is 9.47 Å². The molecule has 0 aliphatic carbocycles. The smallest absolute Gasteiger partial charge is 0.222 e. The van der Waals surface area contributed by atoms with Crippen molar-refractivity contribution in [2.75, 3.05) is 31.7 Å². The first-order valence-electron chi connectivity index (χ1n) is 5.85. The Morgan fingerprint density at radius 1 is 1.50 bits per heavy atom. The highest BCUT2D eigenvalue weighted by Gasteiger charge is 2.18. The van der Waals surface area contributed by atoms with E-state index in [1.54, 1.807) is 0 Å². The Labute approximate surface area is 105 Å². The van der Waals surface area contributed by atoms with Gasteiger partial charge in [-0.1, -0.05) is 15.9 Å². The minimum atomic E-state index is 0.0902. The summed E-state index contributed by atoms with van der Waals surface area (Å²) in [7, 11) is 0. The van der Waals surface area contributed by atoms with Crippen LogP contribution in [0.25, 0.3) is 0 Å². The molecule has 0 aromatic carbocycles. The van der Waals surface area contributed by atoms with Gasteiger partial charge < -0.3 is 14.8 Å². The molecular formula is C11H20BrNO3. The third kappa shape index (κ3) is 6.45. The topological polar surface area (TPSA) is 47.6 Å². The SMILES string of the molecule is O=C(CC1CCCO1)NCCCOCCBr. The maximum Gasteiger partial charge on any atom is 0.222 e. The molecule has 1 heterocycles. The number of hydrogen-bond acceptors (Lipinski definition) is 3. The van der Waals surface area contributed by atoms with Crippen LogP contribution in [0.15, 0.2) is 0 Å². The van der Waals surface area contributed by atoms with Crippen molar-refractivity contribution in [3.8, 4) is 0 Å². The van der Waals surface area contributed by atoms with Crippen molar-refractivity contribution < 1.29 is 14.3 Å². The number of carbonyl (C=O) groups is 1. The fraction of sp³-hybridized carbons (Fsp3) is 0.909. The van der Waals surface area contributed by atoms with Crippen LogP contribution in [-0.2, 0) is 14.3 Å². The van der Waals surface area contributed by atoms with Crippen LogP contribution in [0.5, 0.6) is 0 Å². The highest BCUT2D eigenvalue weighted by molar-refractivity contribution is 9.09. The van der Waals surface area contributed by atoms with Crippen LogP contribution in [0.2, 0.25) is 0 Å². The van der Waals surface area contributed by atoms with Gasteiger partial charge >= 0.3 is 0 Å². The zero-order valence-corrected chi connectivity index (χ0v) is 11.1. The second-order valence-electron chi connectivity index (χ2n) is 3.84. The number of rotatable bonds is 8. The van der Waals surface area contributed by atoms with E-state index >= 15 is 0 Å². The molecule has 1 rings (SSSR count). The van der Waals surface area contributed by atoms with Crippen LogP contribution in [0.3, 0.4) is 0 Å². The van der Waals surface area contributed by atoms with Crippen molar-refractivity contribution >= 4 is 21.8 Å². The summed E-state index contributed by atoms with van der Waals surface area (Å²) in [6.45, 7) is 2.92. The van der Waals surface area contributed by atoms with Gasteiger partial charge in [-0.2, -0.15) is 0 Å². The number of halogens is 1. The predicted octanol–water partition coefficient (Wildman–Crippen LogP) is 1.47. The molecular weight excluding hydrogens is 274 g/mol. The Bertz CT molecular complexity index is 196. The quantitative estimate of drug-likeness (QED) is 0.545. The minimum Gasteiger partial charge on any atom is -0.381 e. The Kier molecular flexibility index (Phi) is 7.80. The van der Waals surface area contributed by atoms with E-state index in [1.807, 2.05) is 0 Å². The normalized spacial score (nSPS) is 19.9. The van der Waals surface area contributed by atoms with Gasteiger partial charge in [0, 0.05) is 25.1 Å². The molecule has 16 heavy (non-hydrogen) atoms. The highest BCUT2D eigenvalue weighted by atomic mass is 79.9. The van der Waals surface area contributed by atoms with Crippen LogP contribution >= 0.6 is 15.9 Å². The summed E-state index contributed by atoms with van der Waals surface area (Å²) in [5.74, 6) is 0.0902. The number of hydrogen-bond donors (Lipinski definition) is 1. The molecule has 0 saturated carbocycles. The third-order valence-electron chi connectivity index (χ3n) is 2.45. The van der Waals surface area contributed by atoms with Crippen molar-refractivity contribution in [2.45, 2.75) is 31.8 Å². The Hall–Kier alpha value is -0.130. The van der Waals surface area contributed by atoms with Gasteiger partial charge in [0.15, 0.2) is 0 Å². The van der Waals surface area contributed by atoms with Crippen molar-refractivity contribution in [3.63, 3.8) is 0 Å². The summed E-state index contributed by atoms with van der Waals surface area (Å²) in [5, 5.41) is 3.74. The highest BCUT2D eigenvalue weighted by Crippen LogP contribution is 2.14. The Morgan fingerprint density at radius 2 is 2.38 bits per heavy atom. The van der Waals surface area contributed by atoms with Crippen molar-refractivity contribution in [1.82, 2.24) is 5.32 Å². The van der Waals surface area contributed by atoms with Crippen LogP contribution in [0, 0.1) is 0 Å². The molecule has 1 fully saturated rings. The molecule has 1 atom stereocenters. The lowest BCUT2D eigenvalue weighted by Gasteiger charge is -2.09. The molecule has 0 aromatic rings. The molecule has 1 unspecified atom stereocenters. The number of alkyl halides is 1. The van der Waals surface area contributed by atoms with Gasteiger partial charge in [-0.15, -0.1) is 0 Å². The zero-order valence-electron chi connectivity index (χ0n) is 9.54. The maximum atomic E-state index is 11.4. The molecule has 0 aromatic heterocycles.